The summed E-state index contributed by atoms with van der Waals surface area (Å²) in [5.74, 6) is -0.856. The molecule has 4 N–H and O–H groups in total. The van der Waals surface area contributed by atoms with Crippen LogP contribution in [0.25, 0.3) is 0 Å². The number of rotatable bonds is 3. The van der Waals surface area contributed by atoms with Crippen molar-refractivity contribution in [2.45, 2.75) is 12.1 Å². The van der Waals surface area contributed by atoms with Gasteiger partial charge in [0.05, 0.1) is 13.2 Å². The highest BCUT2D eigenvalue weighted by atomic mass is 32.1. The van der Waals surface area contributed by atoms with Gasteiger partial charge in [-0.2, -0.15) is 0 Å². The first-order valence-electron chi connectivity index (χ1n) is 5.58. The highest BCUT2D eigenvalue weighted by Crippen LogP contribution is 2.20. The lowest BCUT2D eigenvalue weighted by Crippen LogP contribution is -2.56. The molecule has 0 aromatic carbocycles. The topological polar surface area (TPSA) is 98.7 Å². The average Bonchev–Trinajstić information content (AvgIpc) is 2.90. The molecule has 2 atom stereocenters. The third kappa shape index (κ3) is 2.53. The molecule has 6 nitrogen and oxygen atoms in total. The summed E-state index contributed by atoms with van der Waals surface area (Å²) >= 11 is 1.41. The van der Waals surface area contributed by atoms with E-state index in [0.717, 1.165) is 4.88 Å². The predicted octanol–water partition coefficient (Wildman–Crippen LogP) is -0.539. The van der Waals surface area contributed by atoms with Crippen LogP contribution in [0.2, 0.25) is 0 Å². The number of ether oxygens (including phenoxy) is 1. The minimum atomic E-state index is -0.745. The molecule has 98 valence electrons. The van der Waals surface area contributed by atoms with Gasteiger partial charge < -0.3 is 21.1 Å². The van der Waals surface area contributed by atoms with Crippen molar-refractivity contribution in [3.8, 4) is 0 Å². The number of thiophene rings is 1. The molecule has 1 saturated heterocycles. The molecule has 18 heavy (non-hydrogen) atoms. The molecule has 0 saturated carbocycles. The maximum Gasteiger partial charge on any atom is 0.245 e. The molecule has 7 heteroatoms. The van der Waals surface area contributed by atoms with Gasteiger partial charge in [0, 0.05) is 11.4 Å². The van der Waals surface area contributed by atoms with Crippen LogP contribution in [0.5, 0.6) is 0 Å². The van der Waals surface area contributed by atoms with Gasteiger partial charge in [-0.15, -0.1) is 11.3 Å². The summed E-state index contributed by atoms with van der Waals surface area (Å²) in [6.45, 7) is 0.871. The average molecular weight is 269 g/mol. The van der Waals surface area contributed by atoms with E-state index in [4.69, 9.17) is 16.2 Å². The van der Waals surface area contributed by atoms with E-state index < -0.39 is 18.0 Å². The molecule has 2 amide bonds. The molecule has 2 unspecified atom stereocenters. The Labute approximate surface area is 108 Å². The summed E-state index contributed by atoms with van der Waals surface area (Å²) in [7, 11) is 0. The standard InChI is InChI=1S/C11H15N3O3S/c12-9(8-2-1-5-18-8)11(16)14-3-4-17-6-7(14)10(13)15/h1-2,5,7,9H,3-4,6,12H2,(H2,13,15). The van der Waals surface area contributed by atoms with Crippen LogP contribution in [0.15, 0.2) is 17.5 Å². The molecule has 0 radical (unpaired) electrons. The first-order valence-corrected chi connectivity index (χ1v) is 6.45. The van der Waals surface area contributed by atoms with Gasteiger partial charge >= 0.3 is 0 Å². The van der Waals surface area contributed by atoms with Crippen LogP contribution in [0, 0.1) is 0 Å². The fourth-order valence-electron chi connectivity index (χ4n) is 1.87. The molecule has 1 aliphatic heterocycles. The molecule has 2 heterocycles. The molecule has 0 bridgehead atoms. The highest BCUT2D eigenvalue weighted by molar-refractivity contribution is 7.10. The van der Waals surface area contributed by atoms with Crippen molar-refractivity contribution in [2.24, 2.45) is 11.5 Å². The van der Waals surface area contributed by atoms with Crippen LogP contribution in [0.3, 0.4) is 0 Å². The number of nitrogens with two attached hydrogens (primary N) is 2. The highest BCUT2D eigenvalue weighted by Gasteiger charge is 2.34. The number of morpholine rings is 1. The Morgan fingerprint density at radius 2 is 2.33 bits per heavy atom. The Kier molecular flexibility index (Phi) is 3.95. The Morgan fingerprint density at radius 1 is 1.56 bits per heavy atom. The van der Waals surface area contributed by atoms with Gasteiger partial charge in [0.25, 0.3) is 0 Å². The van der Waals surface area contributed by atoms with Crippen molar-refractivity contribution in [3.63, 3.8) is 0 Å². The second-order valence-corrected chi connectivity index (χ2v) is 5.00. The maximum atomic E-state index is 12.3. The SMILES string of the molecule is NC(=O)C1COCCN1C(=O)C(N)c1cccs1. The maximum absolute atomic E-state index is 12.3. The summed E-state index contributed by atoms with van der Waals surface area (Å²) < 4.78 is 5.16. The number of carbonyl (C=O) groups is 2. The van der Waals surface area contributed by atoms with E-state index in [2.05, 4.69) is 0 Å². The number of nitrogens with zero attached hydrogens (tertiary/aromatic N) is 1. The fraction of sp³-hybridized carbons (Fsp3) is 0.455. The van der Waals surface area contributed by atoms with Gasteiger partial charge in [-0.05, 0) is 11.4 Å². The van der Waals surface area contributed by atoms with E-state index in [-0.39, 0.29) is 12.5 Å². The summed E-state index contributed by atoms with van der Waals surface area (Å²) in [4.78, 5) is 25.7. The van der Waals surface area contributed by atoms with Crippen molar-refractivity contribution in [1.82, 2.24) is 4.90 Å². The third-order valence-electron chi connectivity index (χ3n) is 2.86. The molecule has 2 rings (SSSR count). The van der Waals surface area contributed by atoms with E-state index >= 15 is 0 Å². The molecular weight excluding hydrogens is 254 g/mol. The monoisotopic (exact) mass is 269 g/mol. The third-order valence-corrected chi connectivity index (χ3v) is 3.81. The lowest BCUT2D eigenvalue weighted by atomic mass is 10.1. The first-order chi connectivity index (χ1) is 8.61. The summed E-state index contributed by atoms with van der Waals surface area (Å²) in [6.07, 6.45) is 0. The smallest absolute Gasteiger partial charge is 0.245 e. The van der Waals surface area contributed by atoms with E-state index in [1.54, 1.807) is 6.07 Å². The van der Waals surface area contributed by atoms with Crippen LogP contribution >= 0.6 is 11.3 Å². The number of amides is 2. The Bertz CT molecular complexity index is 435. The molecular formula is C11H15N3O3S. The number of primary amides is 1. The zero-order valence-electron chi connectivity index (χ0n) is 9.74. The second kappa shape index (κ2) is 5.47. The van der Waals surface area contributed by atoms with Crippen LogP contribution in [0.1, 0.15) is 10.9 Å². The zero-order valence-corrected chi connectivity index (χ0v) is 10.6. The Morgan fingerprint density at radius 3 is 2.94 bits per heavy atom. The van der Waals surface area contributed by atoms with Crippen molar-refractivity contribution < 1.29 is 14.3 Å². The predicted molar refractivity (Wildman–Crippen MR) is 66.8 cm³/mol. The van der Waals surface area contributed by atoms with E-state index in [1.165, 1.54) is 16.2 Å². The quantitative estimate of drug-likeness (QED) is 0.770. The van der Waals surface area contributed by atoms with Crippen LogP contribution < -0.4 is 11.5 Å². The summed E-state index contributed by atoms with van der Waals surface area (Å²) in [5.41, 5.74) is 11.2. The van der Waals surface area contributed by atoms with Gasteiger partial charge in [0.1, 0.15) is 12.1 Å². The molecule has 0 aliphatic carbocycles. The lowest BCUT2D eigenvalue weighted by molar-refractivity contribution is -0.148. The van der Waals surface area contributed by atoms with Gasteiger partial charge in [0.15, 0.2) is 0 Å². The first kappa shape index (κ1) is 13.0. The largest absolute Gasteiger partial charge is 0.377 e. The van der Waals surface area contributed by atoms with Crippen LogP contribution in [0.4, 0.5) is 0 Å². The summed E-state index contributed by atoms with van der Waals surface area (Å²) in [6, 6.07) is 2.16. The van der Waals surface area contributed by atoms with E-state index in [9.17, 15) is 9.59 Å². The zero-order chi connectivity index (χ0) is 13.1. The number of hydrogen-bond acceptors (Lipinski definition) is 5. The van der Waals surface area contributed by atoms with Crippen LogP contribution in [-0.2, 0) is 14.3 Å². The van der Waals surface area contributed by atoms with Gasteiger partial charge in [-0.1, -0.05) is 6.07 Å². The van der Waals surface area contributed by atoms with Crippen molar-refractivity contribution >= 4 is 23.2 Å². The van der Waals surface area contributed by atoms with Crippen molar-refractivity contribution in [3.05, 3.63) is 22.4 Å². The molecule has 1 aromatic rings. The minimum Gasteiger partial charge on any atom is -0.377 e. The minimum absolute atomic E-state index is 0.137. The lowest BCUT2D eigenvalue weighted by Gasteiger charge is -2.34. The van der Waals surface area contributed by atoms with Crippen molar-refractivity contribution in [1.29, 1.82) is 0 Å². The van der Waals surface area contributed by atoms with Gasteiger partial charge in [-0.3, -0.25) is 9.59 Å². The number of hydrogen-bond donors (Lipinski definition) is 2. The number of carbonyl (C=O) groups excluding carboxylic acids is 2. The normalized spacial score (nSPS) is 21.6. The van der Waals surface area contributed by atoms with Gasteiger partial charge in [0.2, 0.25) is 11.8 Å². The van der Waals surface area contributed by atoms with Gasteiger partial charge in [-0.25, -0.2) is 0 Å². The molecule has 1 aliphatic rings. The van der Waals surface area contributed by atoms with E-state index in [1.807, 2.05) is 11.4 Å². The Balaban J connectivity index is 2.13. The molecule has 0 spiro atoms. The van der Waals surface area contributed by atoms with E-state index in [0.29, 0.717) is 13.2 Å². The molecule has 1 aromatic heterocycles. The second-order valence-electron chi connectivity index (χ2n) is 4.02. The van der Waals surface area contributed by atoms with Crippen LogP contribution in [-0.4, -0.2) is 42.5 Å². The fourth-order valence-corrected chi connectivity index (χ4v) is 2.59. The molecule has 1 fully saturated rings. The Hall–Kier alpha value is -1.44. The summed E-state index contributed by atoms with van der Waals surface area (Å²) in [5, 5.41) is 1.85. The van der Waals surface area contributed by atoms with Crippen molar-refractivity contribution in [2.75, 3.05) is 19.8 Å².